The highest BCUT2D eigenvalue weighted by atomic mass is 32.1. The van der Waals surface area contributed by atoms with Gasteiger partial charge in [0.15, 0.2) is 5.13 Å². The van der Waals surface area contributed by atoms with Crippen LogP contribution in [0.15, 0.2) is 12.7 Å². The number of hydrogen-bond donors (Lipinski definition) is 3. The average molecular weight is 226 g/mol. The van der Waals surface area contributed by atoms with E-state index in [1.807, 2.05) is 6.92 Å². The summed E-state index contributed by atoms with van der Waals surface area (Å²) in [6.07, 6.45) is 1.65. The quantitative estimate of drug-likeness (QED) is 0.671. The number of nitrogens with two attached hydrogens (primary N) is 1. The zero-order chi connectivity index (χ0) is 11.4. The number of thiazole rings is 1. The van der Waals surface area contributed by atoms with Crippen molar-refractivity contribution in [2.75, 3.05) is 18.1 Å². The van der Waals surface area contributed by atoms with Gasteiger partial charge in [0, 0.05) is 13.1 Å². The third-order valence-electron chi connectivity index (χ3n) is 1.79. The molecule has 15 heavy (non-hydrogen) atoms. The van der Waals surface area contributed by atoms with E-state index >= 15 is 0 Å². The van der Waals surface area contributed by atoms with Gasteiger partial charge in [-0.25, -0.2) is 4.98 Å². The zero-order valence-corrected chi connectivity index (χ0v) is 9.52. The molecular weight excluding hydrogens is 212 g/mol. The molecule has 0 spiro atoms. The minimum Gasteiger partial charge on any atom is -0.382 e. The third kappa shape index (κ3) is 2.69. The molecule has 1 amide bonds. The molecular formula is C9H14N4OS. The number of nitrogen functional groups attached to an aromatic ring is 1. The van der Waals surface area contributed by atoms with E-state index in [0.29, 0.717) is 10.0 Å². The molecule has 5 nitrogen and oxygen atoms in total. The van der Waals surface area contributed by atoms with Crippen LogP contribution in [-0.4, -0.2) is 24.0 Å². The van der Waals surface area contributed by atoms with Crippen molar-refractivity contribution in [1.29, 1.82) is 0 Å². The van der Waals surface area contributed by atoms with Crippen LogP contribution >= 0.6 is 11.3 Å². The van der Waals surface area contributed by atoms with Crippen LogP contribution in [-0.2, 0) is 0 Å². The largest absolute Gasteiger partial charge is 0.382 e. The van der Waals surface area contributed by atoms with E-state index in [9.17, 15) is 4.79 Å². The second-order valence-electron chi connectivity index (χ2n) is 2.98. The molecule has 0 aliphatic carbocycles. The molecule has 0 radical (unpaired) electrons. The van der Waals surface area contributed by atoms with Gasteiger partial charge in [0.2, 0.25) is 0 Å². The Bertz CT molecular complexity index is 374. The van der Waals surface area contributed by atoms with Gasteiger partial charge < -0.3 is 16.4 Å². The summed E-state index contributed by atoms with van der Waals surface area (Å²) in [4.78, 5) is 16.1. The fourth-order valence-corrected chi connectivity index (χ4v) is 1.67. The Labute approximate surface area is 92.4 Å². The van der Waals surface area contributed by atoms with Gasteiger partial charge in [0.25, 0.3) is 5.91 Å². The van der Waals surface area contributed by atoms with E-state index in [-0.39, 0.29) is 17.8 Å². The third-order valence-corrected chi connectivity index (χ3v) is 2.87. The zero-order valence-electron chi connectivity index (χ0n) is 8.70. The highest BCUT2D eigenvalue weighted by molar-refractivity contribution is 7.18. The Morgan fingerprint density at radius 1 is 1.73 bits per heavy atom. The molecule has 0 aliphatic rings. The van der Waals surface area contributed by atoms with Crippen LogP contribution in [0.5, 0.6) is 0 Å². The summed E-state index contributed by atoms with van der Waals surface area (Å²) in [6, 6.07) is -0.0861. The van der Waals surface area contributed by atoms with Crippen LogP contribution in [0.25, 0.3) is 0 Å². The maximum atomic E-state index is 11.7. The van der Waals surface area contributed by atoms with Crippen molar-refractivity contribution in [3.8, 4) is 0 Å². The second kappa shape index (κ2) is 4.79. The first kappa shape index (κ1) is 11.5. The first-order valence-corrected chi connectivity index (χ1v) is 5.27. The lowest BCUT2D eigenvalue weighted by Gasteiger charge is -2.07. The first-order chi connectivity index (χ1) is 7.08. The van der Waals surface area contributed by atoms with Gasteiger partial charge in [-0.1, -0.05) is 17.4 Å². The van der Waals surface area contributed by atoms with E-state index in [1.165, 1.54) is 11.3 Å². The highest BCUT2D eigenvalue weighted by Crippen LogP contribution is 2.24. The average Bonchev–Trinajstić information content (AvgIpc) is 2.59. The van der Waals surface area contributed by atoms with Crippen LogP contribution in [0.4, 0.5) is 10.9 Å². The Morgan fingerprint density at radius 3 is 2.87 bits per heavy atom. The monoisotopic (exact) mass is 226 g/mol. The summed E-state index contributed by atoms with van der Waals surface area (Å²) in [5, 5.41) is 6.20. The Balaban J connectivity index is 2.81. The molecule has 0 aliphatic heterocycles. The highest BCUT2D eigenvalue weighted by Gasteiger charge is 2.16. The fourth-order valence-electron chi connectivity index (χ4n) is 0.933. The number of nitrogens with zero attached hydrogens (tertiary/aromatic N) is 1. The van der Waals surface area contributed by atoms with Gasteiger partial charge >= 0.3 is 0 Å². The van der Waals surface area contributed by atoms with Gasteiger partial charge in [-0.05, 0) is 6.92 Å². The summed E-state index contributed by atoms with van der Waals surface area (Å²) in [6.45, 7) is 5.42. The van der Waals surface area contributed by atoms with E-state index in [0.717, 1.165) is 0 Å². The first-order valence-electron chi connectivity index (χ1n) is 4.46. The summed E-state index contributed by atoms with van der Waals surface area (Å²) in [5.74, 6) is 0.0250. The van der Waals surface area contributed by atoms with Crippen LogP contribution in [0.1, 0.15) is 16.6 Å². The predicted molar refractivity (Wildman–Crippen MR) is 63.2 cm³/mol. The van der Waals surface area contributed by atoms with Gasteiger partial charge in [0.05, 0.1) is 0 Å². The van der Waals surface area contributed by atoms with Crippen molar-refractivity contribution < 1.29 is 4.79 Å². The number of carbonyl (C=O) groups excluding carboxylic acids is 1. The van der Waals surface area contributed by atoms with Gasteiger partial charge in [0.1, 0.15) is 10.7 Å². The summed E-state index contributed by atoms with van der Waals surface area (Å²) < 4.78 is 0. The molecule has 1 aromatic heterocycles. The SMILES string of the molecule is C=CC(C)NC(=O)c1sc(NC)nc1N. The smallest absolute Gasteiger partial charge is 0.265 e. The lowest BCUT2D eigenvalue weighted by Crippen LogP contribution is -2.30. The molecule has 0 fully saturated rings. The van der Waals surface area contributed by atoms with E-state index in [4.69, 9.17) is 5.73 Å². The predicted octanol–water partition coefficient (Wildman–Crippen LogP) is 1.07. The van der Waals surface area contributed by atoms with Crippen LogP contribution in [0, 0.1) is 0 Å². The van der Waals surface area contributed by atoms with Crippen molar-refractivity contribution in [1.82, 2.24) is 10.3 Å². The topological polar surface area (TPSA) is 80.0 Å². The van der Waals surface area contributed by atoms with E-state index < -0.39 is 0 Å². The lowest BCUT2D eigenvalue weighted by molar-refractivity contribution is 0.0951. The number of rotatable bonds is 4. The molecule has 0 aromatic carbocycles. The van der Waals surface area contributed by atoms with Gasteiger partial charge in [-0.2, -0.15) is 0 Å². The molecule has 0 saturated heterocycles. The lowest BCUT2D eigenvalue weighted by atomic mass is 10.3. The number of anilines is 2. The molecule has 1 unspecified atom stereocenters. The molecule has 0 bridgehead atoms. The van der Waals surface area contributed by atoms with Crippen molar-refractivity contribution in [3.05, 3.63) is 17.5 Å². The summed E-state index contributed by atoms with van der Waals surface area (Å²) in [5.41, 5.74) is 5.61. The molecule has 6 heteroatoms. The van der Waals surface area contributed by atoms with E-state index in [2.05, 4.69) is 22.2 Å². The molecule has 1 heterocycles. The summed E-state index contributed by atoms with van der Waals surface area (Å²) in [7, 11) is 1.73. The van der Waals surface area contributed by atoms with Crippen molar-refractivity contribution in [3.63, 3.8) is 0 Å². The van der Waals surface area contributed by atoms with Crippen LogP contribution in [0.3, 0.4) is 0 Å². The minimum atomic E-state index is -0.223. The minimum absolute atomic E-state index is 0.0861. The molecule has 1 rings (SSSR count). The number of carbonyl (C=O) groups is 1. The van der Waals surface area contributed by atoms with Crippen molar-refractivity contribution >= 4 is 28.2 Å². The normalized spacial score (nSPS) is 11.9. The maximum Gasteiger partial charge on any atom is 0.265 e. The van der Waals surface area contributed by atoms with Crippen LogP contribution in [0.2, 0.25) is 0 Å². The Morgan fingerprint density at radius 2 is 2.40 bits per heavy atom. The van der Waals surface area contributed by atoms with E-state index in [1.54, 1.807) is 13.1 Å². The Hall–Kier alpha value is -1.56. The van der Waals surface area contributed by atoms with Crippen LogP contribution < -0.4 is 16.4 Å². The molecule has 0 saturated carbocycles. The number of amides is 1. The maximum absolute atomic E-state index is 11.7. The van der Waals surface area contributed by atoms with Crippen molar-refractivity contribution in [2.45, 2.75) is 13.0 Å². The molecule has 4 N–H and O–H groups in total. The summed E-state index contributed by atoms with van der Waals surface area (Å²) >= 11 is 1.23. The van der Waals surface area contributed by atoms with Gasteiger partial charge in [-0.15, -0.1) is 6.58 Å². The molecule has 1 aromatic rings. The Kier molecular flexibility index (Phi) is 3.68. The number of aromatic nitrogens is 1. The number of hydrogen-bond acceptors (Lipinski definition) is 5. The number of nitrogens with one attached hydrogen (secondary N) is 2. The van der Waals surface area contributed by atoms with Gasteiger partial charge in [-0.3, -0.25) is 4.79 Å². The molecule has 1 atom stereocenters. The standard InChI is InChI=1S/C9H14N4OS/c1-4-5(2)12-8(14)6-7(10)13-9(11-3)15-6/h4-5H,1,10H2,2-3H3,(H,11,13)(H,12,14). The fraction of sp³-hybridized carbons (Fsp3) is 0.333. The molecule has 82 valence electrons. The second-order valence-corrected chi connectivity index (χ2v) is 3.98. The van der Waals surface area contributed by atoms with Crippen molar-refractivity contribution in [2.24, 2.45) is 0 Å².